The van der Waals surface area contributed by atoms with Crippen LogP contribution in [0.25, 0.3) is 10.9 Å². The minimum atomic E-state index is 0.138. The lowest BCUT2D eigenvalue weighted by Crippen LogP contribution is -2.56. The largest absolute Gasteiger partial charge is 0.370 e. The Labute approximate surface area is 200 Å². The van der Waals surface area contributed by atoms with E-state index in [0.717, 1.165) is 62.3 Å². The second kappa shape index (κ2) is 8.66. The molecule has 0 saturated carbocycles. The molecule has 3 aliphatic heterocycles. The number of rotatable bonds is 4. The van der Waals surface area contributed by atoms with Gasteiger partial charge in [-0.3, -0.25) is 14.6 Å². The van der Waals surface area contributed by atoms with E-state index in [-0.39, 0.29) is 12.2 Å². The van der Waals surface area contributed by atoms with Gasteiger partial charge in [0.15, 0.2) is 0 Å². The number of fused-ring (bicyclic) bond motifs is 2. The smallest absolute Gasteiger partial charge is 0.101 e. The van der Waals surface area contributed by atoms with Crippen LogP contribution in [-0.4, -0.2) is 71.1 Å². The molecule has 1 aromatic carbocycles. The fourth-order valence-electron chi connectivity index (χ4n) is 5.89. The lowest BCUT2D eigenvalue weighted by Gasteiger charge is -2.45. The summed E-state index contributed by atoms with van der Waals surface area (Å²) in [5, 5.41) is 18.8. The average molecular weight is 458 g/mol. The zero-order valence-corrected chi connectivity index (χ0v) is 19.8. The zero-order valence-electron chi connectivity index (χ0n) is 19.8. The van der Waals surface area contributed by atoms with E-state index < -0.39 is 0 Å². The van der Waals surface area contributed by atoms with Crippen LogP contribution in [0.3, 0.4) is 0 Å². The third kappa shape index (κ3) is 3.74. The topological polar surface area (TPSA) is 82.2 Å². The molecule has 2 aromatic heterocycles. The van der Waals surface area contributed by atoms with E-state index in [1.807, 2.05) is 12.1 Å². The maximum atomic E-state index is 9.48. The van der Waals surface area contributed by atoms with Gasteiger partial charge in [0, 0.05) is 56.0 Å². The summed E-state index contributed by atoms with van der Waals surface area (Å²) in [6, 6.07) is 11.0. The van der Waals surface area contributed by atoms with Gasteiger partial charge in [-0.05, 0) is 56.6 Å². The van der Waals surface area contributed by atoms with Crippen LogP contribution in [0, 0.1) is 11.3 Å². The van der Waals surface area contributed by atoms with E-state index in [9.17, 15) is 5.26 Å². The molecule has 2 fully saturated rings. The Balaban J connectivity index is 1.14. The summed E-state index contributed by atoms with van der Waals surface area (Å²) >= 11 is 0. The Bertz CT molecular complexity index is 1240. The standard InChI is InChI=1S/C26H31N7O/c1-17-12-32(24-6-5-19(10-27)25-23(24)4-3-8-29-25)16-22(34-17)15-31-13-21(14-31)33-26-18(2)28-9-7-20(26)11-30-33/h3-6,8,11,17-18,21-22,28H,7,9,12-16H2,1-2H3/t17-,18-,22+/m1/s1. The van der Waals surface area contributed by atoms with Gasteiger partial charge in [-0.2, -0.15) is 10.4 Å². The van der Waals surface area contributed by atoms with Crippen molar-refractivity contribution in [3.8, 4) is 6.07 Å². The Hall–Kier alpha value is -2.99. The van der Waals surface area contributed by atoms with Crippen LogP contribution in [0.5, 0.6) is 0 Å². The third-order valence-corrected chi connectivity index (χ3v) is 7.45. The van der Waals surface area contributed by atoms with Gasteiger partial charge in [-0.1, -0.05) is 0 Å². The third-order valence-electron chi connectivity index (χ3n) is 7.45. The summed E-state index contributed by atoms with van der Waals surface area (Å²) < 4.78 is 8.61. The number of nitrogens with zero attached hydrogens (tertiary/aromatic N) is 6. The number of likely N-dealkylation sites (tertiary alicyclic amines) is 1. The minimum Gasteiger partial charge on any atom is -0.370 e. The van der Waals surface area contributed by atoms with Crippen LogP contribution in [-0.2, 0) is 11.2 Å². The highest BCUT2D eigenvalue weighted by molar-refractivity contribution is 5.95. The van der Waals surface area contributed by atoms with Crippen molar-refractivity contribution in [2.75, 3.05) is 44.2 Å². The number of hydrogen-bond donors (Lipinski definition) is 1. The summed E-state index contributed by atoms with van der Waals surface area (Å²) in [6.07, 6.45) is 5.17. The van der Waals surface area contributed by atoms with Gasteiger partial charge >= 0.3 is 0 Å². The summed E-state index contributed by atoms with van der Waals surface area (Å²) in [6.45, 7) is 10.0. The second-order valence-corrected chi connectivity index (χ2v) is 9.92. The highest BCUT2D eigenvalue weighted by Gasteiger charge is 2.36. The molecule has 1 N–H and O–H groups in total. The van der Waals surface area contributed by atoms with Crippen molar-refractivity contribution in [1.29, 1.82) is 5.26 Å². The quantitative estimate of drug-likeness (QED) is 0.645. The van der Waals surface area contributed by atoms with E-state index >= 15 is 0 Å². The predicted molar refractivity (Wildman–Crippen MR) is 131 cm³/mol. The Morgan fingerprint density at radius 2 is 2.06 bits per heavy atom. The Morgan fingerprint density at radius 1 is 1.18 bits per heavy atom. The van der Waals surface area contributed by atoms with E-state index in [4.69, 9.17) is 9.84 Å². The SMILES string of the molecule is C[C@@H]1CN(c2ccc(C#N)c3ncccc23)C[C@H](CN2CC(n3ncc4c3[C@@H](C)NCC4)C2)O1. The first-order chi connectivity index (χ1) is 16.6. The number of nitriles is 1. The van der Waals surface area contributed by atoms with Crippen molar-refractivity contribution < 1.29 is 4.74 Å². The lowest BCUT2D eigenvalue weighted by molar-refractivity contribution is -0.0492. The monoisotopic (exact) mass is 457 g/mol. The summed E-state index contributed by atoms with van der Waals surface area (Å²) in [7, 11) is 0. The Kier molecular flexibility index (Phi) is 5.48. The van der Waals surface area contributed by atoms with Crippen LogP contribution in [0.15, 0.2) is 36.7 Å². The van der Waals surface area contributed by atoms with Gasteiger partial charge < -0.3 is 15.0 Å². The maximum Gasteiger partial charge on any atom is 0.101 e. The molecule has 5 heterocycles. The lowest BCUT2D eigenvalue weighted by atomic mass is 10.0. The fraction of sp³-hybridized carbons (Fsp3) is 0.500. The molecule has 0 amide bonds. The number of benzene rings is 1. The molecule has 3 atom stereocenters. The first kappa shape index (κ1) is 21.5. The number of morpholine rings is 1. The second-order valence-electron chi connectivity index (χ2n) is 9.92. The van der Waals surface area contributed by atoms with Crippen LogP contribution in [0.1, 0.15) is 42.8 Å². The molecule has 0 aliphatic carbocycles. The van der Waals surface area contributed by atoms with E-state index in [1.54, 1.807) is 6.20 Å². The molecule has 3 aromatic rings. The summed E-state index contributed by atoms with van der Waals surface area (Å²) in [4.78, 5) is 9.37. The highest BCUT2D eigenvalue weighted by Crippen LogP contribution is 2.32. The molecular weight excluding hydrogens is 426 g/mol. The van der Waals surface area contributed by atoms with E-state index in [2.05, 4.69) is 63.0 Å². The van der Waals surface area contributed by atoms with Gasteiger partial charge in [-0.25, -0.2) is 0 Å². The molecule has 8 heteroatoms. The van der Waals surface area contributed by atoms with Crippen molar-refractivity contribution in [3.63, 3.8) is 0 Å². The molecule has 0 bridgehead atoms. The molecule has 2 saturated heterocycles. The molecule has 8 nitrogen and oxygen atoms in total. The minimum absolute atomic E-state index is 0.138. The van der Waals surface area contributed by atoms with E-state index in [0.29, 0.717) is 17.6 Å². The van der Waals surface area contributed by atoms with Gasteiger partial charge in [0.2, 0.25) is 0 Å². The number of pyridine rings is 1. The molecule has 176 valence electrons. The molecule has 0 unspecified atom stereocenters. The van der Waals surface area contributed by atoms with Gasteiger partial charge in [0.25, 0.3) is 0 Å². The number of hydrogen-bond acceptors (Lipinski definition) is 7. The number of anilines is 1. The molecule has 34 heavy (non-hydrogen) atoms. The van der Waals surface area contributed by atoms with Crippen molar-refractivity contribution in [2.24, 2.45) is 0 Å². The van der Waals surface area contributed by atoms with Crippen LogP contribution in [0.2, 0.25) is 0 Å². The van der Waals surface area contributed by atoms with Crippen molar-refractivity contribution in [2.45, 2.75) is 44.6 Å². The van der Waals surface area contributed by atoms with Crippen LogP contribution < -0.4 is 10.2 Å². The van der Waals surface area contributed by atoms with E-state index in [1.165, 1.54) is 11.3 Å². The first-order valence-corrected chi connectivity index (χ1v) is 12.3. The van der Waals surface area contributed by atoms with Gasteiger partial charge in [-0.15, -0.1) is 0 Å². The van der Waals surface area contributed by atoms with Crippen molar-refractivity contribution in [3.05, 3.63) is 53.5 Å². The predicted octanol–water partition coefficient (Wildman–Crippen LogP) is 2.66. The number of aromatic nitrogens is 3. The summed E-state index contributed by atoms with van der Waals surface area (Å²) in [5.74, 6) is 0. The molecular formula is C26H31N7O. The normalized spacial score (nSPS) is 25.7. The number of nitrogens with one attached hydrogen (secondary N) is 1. The summed E-state index contributed by atoms with van der Waals surface area (Å²) in [5.41, 5.74) is 5.29. The maximum absolute atomic E-state index is 9.48. The molecule has 6 rings (SSSR count). The highest BCUT2D eigenvalue weighted by atomic mass is 16.5. The van der Waals surface area contributed by atoms with Gasteiger partial charge in [0.1, 0.15) is 6.07 Å². The zero-order chi connectivity index (χ0) is 23.2. The van der Waals surface area contributed by atoms with Gasteiger partial charge in [0.05, 0.1) is 41.2 Å². The Morgan fingerprint density at radius 3 is 2.91 bits per heavy atom. The molecule has 3 aliphatic rings. The van der Waals surface area contributed by atoms with Crippen molar-refractivity contribution >= 4 is 16.6 Å². The first-order valence-electron chi connectivity index (χ1n) is 12.3. The fourth-order valence-corrected chi connectivity index (χ4v) is 5.89. The van der Waals surface area contributed by atoms with Crippen LogP contribution in [0.4, 0.5) is 5.69 Å². The average Bonchev–Trinajstić information content (AvgIpc) is 3.25. The molecule has 0 radical (unpaired) electrons. The molecule has 0 spiro atoms. The van der Waals surface area contributed by atoms with Crippen LogP contribution >= 0.6 is 0 Å². The van der Waals surface area contributed by atoms with Crippen molar-refractivity contribution in [1.82, 2.24) is 25.0 Å². The number of ether oxygens (including phenoxy) is 1.